The highest BCUT2D eigenvalue weighted by Crippen LogP contribution is 2.23. The molecule has 0 aliphatic heterocycles. The van der Waals surface area contributed by atoms with Crippen LogP contribution in [0.15, 0.2) is 48.5 Å². The van der Waals surface area contributed by atoms with Gasteiger partial charge in [-0.05, 0) is 36.2 Å². The second-order valence-electron chi connectivity index (χ2n) is 7.13. The van der Waals surface area contributed by atoms with Gasteiger partial charge in [0.15, 0.2) is 0 Å². The molecule has 0 bridgehead atoms. The lowest BCUT2D eigenvalue weighted by molar-refractivity contribution is -0.140. The topological polar surface area (TPSA) is 96.0 Å². The number of para-hydroxylation sites is 1. The molecule has 1 N–H and O–H groups in total. The summed E-state index contributed by atoms with van der Waals surface area (Å²) < 4.78 is 45.1. The number of ether oxygens (including phenoxy) is 1. The number of hydrogen-bond acceptors (Lipinski definition) is 5. The number of nitrogens with zero attached hydrogens (tertiary/aromatic N) is 2. The molecule has 32 heavy (non-hydrogen) atoms. The summed E-state index contributed by atoms with van der Waals surface area (Å²) in [6, 6.07) is 11.4. The number of amides is 2. The van der Waals surface area contributed by atoms with Gasteiger partial charge in [0.05, 0.1) is 19.1 Å². The van der Waals surface area contributed by atoms with E-state index in [0.29, 0.717) is 22.0 Å². The van der Waals surface area contributed by atoms with Gasteiger partial charge in [-0.3, -0.25) is 13.9 Å². The van der Waals surface area contributed by atoms with Gasteiger partial charge >= 0.3 is 0 Å². The molecule has 2 amide bonds. The first-order valence-corrected chi connectivity index (χ1v) is 11.8. The van der Waals surface area contributed by atoms with Crippen molar-refractivity contribution in [3.63, 3.8) is 0 Å². The van der Waals surface area contributed by atoms with Gasteiger partial charge in [-0.2, -0.15) is 0 Å². The van der Waals surface area contributed by atoms with E-state index < -0.39 is 34.3 Å². The predicted molar refractivity (Wildman–Crippen MR) is 120 cm³/mol. The van der Waals surface area contributed by atoms with E-state index in [0.717, 1.165) is 12.3 Å². The summed E-state index contributed by atoms with van der Waals surface area (Å²) in [4.78, 5) is 27.1. The third kappa shape index (κ3) is 6.19. The van der Waals surface area contributed by atoms with Gasteiger partial charge in [0.2, 0.25) is 21.8 Å². The summed E-state index contributed by atoms with van der Waals surface area (Å²) in [5.74, 6) is -1.23. The molecule has 2 aromatic rings. The van der Waals surface area contributed by atoms with E-state index in [1.54, 1.807) is 31.2 Å². The Bertz CT molecular complexity index is 1060. The minimum Gasteiger partial charge on any atom is -0.497 e. The zero-order valence-corrected chi connectivity index (χ0v) is 19.4. The molecule has 2 aromatic carbocycles. The van der Waals surface area contributed by atoms with Crippen molar-refractivity contribution in [1.29, 1.82) is 0 Å². The standard InChI is InChI=1S/C22H28FN3O5S/c1-5-19(22(28)24-2)25(14-16-9-8-10-17(13-16)31-3)21(27)15-26(32(4,29)30)20-12-7-6-11-18(20)23/h6-13,19H,5,14-15H2,1-4H3,(H,24,28)/t19-/m1/s1. The highest BCUT2D eigenvalue weighted by atomic mass is 32.2. The number of carbonyl (C=O) groups excluding carboxylic acids is 2. The van der Waals surface area contributed by atoms with E-state index in [1.165, 1.54) is 37.3 Å². The molecule has 0 radical (unpaired) electrons. The van der Waals surface area contributed by atoms with Crippen LogP contribution in [0.5, 0.6) is 5.75 Å². The summed E-state index contributed by atoms with van der Waals surface area (Å²) in [5.41, 5.74) is 0.453. The first-order chi connectivity index (χ1) is 15.1. The summed E-state index contributed by atoms with van der Waals surface area (Å²) in [6.45, 7) is 1.13. The smallest absolute Gasteiger partial charge is 0.244 e. The fourth-order valence-electron chi connectivity index (χ4n) is 3.30. The fourth-order valence-corrected chi connectivity index (χ4v) is 4.15. The number of carbonyl (C=O) groups is 2. The highest BCUT2D eigenvalue weighted by Gasteiger charge is 2.32. The van der Waals surface area contributed by atoms with Crippen molar-refractivity contribution in [2.75, 3.05) is 31.3 Å². The Morgan fingerprint density at radius 2 is 1.84 bits per heavy atom. The lowest BCUT2D eigenvalue weighted by atomic mass is 10.1. The SMILES string of the molecule is CC[C@H](C(=O)NC)N(Cc1cccc(OC)c1)C(=O)CN(c1ccccc1F)S(C)(=O)=O. The van der Waals surface area contributed by atoms with Gasteiger partial charge in [-0.25, -0.2) is 12.8 Å². The van der Waals surface area contributed by atoms with Crippen molar-refractivity contribution in [2.45, 2.75) is 25.9 Å². The molecule has 2 rings (SSSR count). The zero-order chi connectivity index (χ0) is 23.9. The molecule has 0 fully saturated rings. The number of sulfonamides is 1. The zero-order valence-electron chi connectivity index (χ0n) is 18.5. The van der Waals surface area contributed by atoms with Crippen LogP contribution in [0, 0.1) is 5.82 Å². The van der Waals surface area contributed by atoms with Crippen molar-refractivity contribution < 1.29 is 27.1 Å². The van der Waals surface area contributed by atoms with Gasteiger partial charge in [-0.1, -0.05) is 31.2 Å². The van der Waals surface area contributed by atoms with Crippen molar-refractivity contribution in [1.82, 2.24) is 10.2 Å². The number of nitrogens with one attached hydrogen (secondary N) is 1. The van der Waals surface area contributed by atoms with Crippen LogP contribution < -0.4 is 14.4 Å². The first-order valence-electron chi connectivity index (χ1n) is 9.98. The lowest BCUT2D eigenvalue weighted by Crippen LogP contribution is -2.51. The summed E-state index contributed by atoms with van der Waals surface area (Å²) >= 11 is 0. The molecule has 0 aliphatic rings. The minimum atomic E-state index is -3.99. The Labute approximate surface area is 188 Å². The quantitative estimate of drug-likeness (QED) is 0.580. The van der Waals surface area contributed by atoms with Gasteiger partial charge in [-0.15, -0.1) is 0 Å². The molecule has 174 valence electrons. The average Bonchev–Trinajstić information content (AvgIpc) is 2.76. The number of anilines is 1. The number of benzene rings is 2. The van der Waals surface area contributed by atoms with Crippen LogP contribution in [0.1, 0.15) is 18.9 Å². The molecular formula is C22H28FN3O5S. The van der Waals surface area contributed by atoms with Crippen LogP contribution in [0.2, 0.25) is 0 Å². The Morgan fingerprint density at radius 3 is 2.41 bits per heavy atom. The maximum Gasteiger partial charge on any atom is 0.244 e. The van der Waals surface area contributed by atoms with Crippen LogP contribution in [-0.2, 0) is 26.2 Å². The molecule has 0 saturated heterocycles. The van der Waals surface area contributed by atoms with Crippen LogP contribution in [-0.4, -0.2) is 58.1 Å². The Morgan fingerprint density at radius 1 is 1.16 bits per heavy atom. The van der Waals surface area contributed by atoms with Crippen LogP contribution in [0.3, 0.4) is 0 Å². The summed E-state index contributed by atoms with van der Waals surface area (Å²) in [6.07, 6.45) is 1.20. The van der Waals surface area contributed by atoms with Crippen molar-refractivity contribution >= 4 is 27.5 Å². The molecule has 8 nitrogen and oxygen atoms in total. The highest BCUT2D eigenvalue weighted by molar-refractivity contribution is 7.92. The van der Waals surface area contributed by atoms with E-state index >= 15 is 0 Å². The average molecular weight is 466 g/mol. The molecule has 0 unspecified atom stereocenters. The van der Waals surface area contributed by atoms with Crippen LogP contribution in [0.25, 0.3) is 0 Å². The van der Waals surface area contributed by atoms with E-state index in [1.807, 2.05) is 0 Å². The largest absolute Gasteiger partial charge is 0.497 e. The normalized spacial score (nSPS) is 12.0. The molecule has 10 heteroatoms. The maximum absolute atomic E-state index is 14.4. The Hall–Kier alpha value is -3.14. The second-order valence-corrected chi connectivity index (χ2v) is 9.04. The maximum atomic E-state index is 14.4. The second kappa shape index (κ2) is 10.9. The van der Waals surface area contributed by atoms with Crippen molar-refractivity contribution in [3.8, 4) is 5.75 Å². The Kier molecular flexibility index (Phi) is 8.59. The third-order valence-corrected chi connectivity index (χ3v) is 6.05. The van der Waals surface area contributed by atoms with Crippen LogP contribution >= 0.6 is 0 Å². The van der Waals surface area contributed by atoms with Crippen LogP contribution in [0.4, 0.5) is 10.1 Å². The first kappa shape index (κ1) is 25.1. The fraction of sp³-hybridized carbons (Fsp3) is 0.364. The number of likely N-dealkylation sites (N-methyl/N-ethyl adjacent to an activating group) is 1. The molecule has 0 aliphatic carbocycles. The number of hydrogen-bond donors (Lipinski definition) is 1. The van der Waals surface area contributed by atoms with E-state index in [4.69, 9.17) is 4.74 Å². The lowest BCUT2D eigenvalue weighted by Gasteiger charge is -2.32. The summed E-state index contributed by atoms with van der Waals surface area (Å²) in [5, 5.41) is 2.53. The number of rotatable bonds is 10. The minimum absolute atomic E-state index is 0.0385. The molecule has 0 heterocycles. The van der Waals surface area contributed by atoms with Crippen molar-refractivity contribution in [3.05, 3.63) is 59.9 Å². The third-order valence-electron chi connectivity index (χ3n) is 4.92. The van der Waals surface area contributed by atoms with Gasteiger partial charge < -0.3 is 15.0 Å². The Balaban J connectivity index is 2.45. The van der Waals surface area contributed by atoms with Gasteiger partial charge in [0, 0.05) is 13.6 Å². The predicted octanol–water partition coefficient (Wildman–Crippen LogP) is 2.15. The monoisotopic (exact) mass is 465 g/mol. The van der Waals surface area contributed by atoms with E-state index in [-0.39, 0.29) is 18.1 Å². The van der Waals surface area contributed by atoms with E-state index in [9.17, 15) is 22.4 Å². The number of methoxy groups -OCH3 is 1. The van der Waals surface area contributed by atoms with Crippen molar-refractivity contribution in [2.24, 2.45) is 0 Å². The summed E-state index contributed by atoms with van der Waals surface area (Å²) in [7, 11) is -1.01. The molecule has 1 atom stereocenters. The van der Waals surface area contributed by atoms with Gasteiger partial charge in [0.1, 0.15) is 24.2 Å². The number of halogens is 1. The molecular weight excluding hydrogens is 437 g/mol. The van der Waals surface area contributed by atoms with E-state index in [2.05, 4.69) is 5.32 Å². The molecule has 0 spiro atoms. The van der Waals surface area contributed by atoms with Gasteiger partial charge in [0.25, 0.3) is 0 Å². The molecule has 0 saturated carbocycles. The molecule has 0 aromatic heterocycles.